The van der Waals surface area contributed by atoms with E-state index in [9.17, 15) is 18.0 Å². The molecular weight excluding hydrogens is 435 g/mol. The van der Waals surface area contributed by atoms with E-state index in [1.807, 2.05) is 6.92 Å². The Balaban J connectivity index is 1.76. The summed E-state index contributed by atoms with van der Waals surface area (Å²) >= 11 is 6.44. The number of hydrogen-bond donors (Lipinski definition) is 0. The first-order valence-corrected chi connectivity index (χ1v) is 10.2. The van der Waals surface area contributed by atoms with Crippen molar-refractivity contribution in [3.05, 3.63) is 64.1 Å². The third-order valence-corrected chi connectivity index (χ3v) is 5.70. The Labute approximate surface area is 181 Å². The van der Waals surface area contributed by atoms with Crippen LogP contribution in [0.1, 0.15) is 23.6 Å². The van der Waals surface area contributed by atoms with Crippen molar-refractivity contribution in [3.8, 4) is 11.5 Å². The molecule has 9 heteroatoms. The summed E-state index contributed by atoms with van der Waals surface area (Å²) in [5, 5.41) is 0. The number of halogens is 3. The molecule has 1 saturated heterocycles. The zero-order valence-electron chi connectivity index (χ0n) is 16.2. The number of nitrogens with zero attached hydrogens (tertiary/aromatic N) is 1. The van der Waals surface area contributed by atoms with Gasteiger partial charge in [-0.25, -0.2) is 0 Å². The maximum atomic E-state index is 12.9. The van der Waals surface area contributed by atoms with Gasteiger partial charge in [0, 0.05) is 6.54 Å². The number of amides is 1. The first-order valence-electron chi connectivity index (χ1n) is 8.95. The molecule has 0 radical (unpaired) electrons. The lowest BCUT2D eigenvalue weighted by molar-refractivity contribution is -0.137. The second-order valence-electron chi connectivity index (χ2n) is 6.32. The summed E-state index contributed by atoms with van der Waals surface area (Å²) in [6.07, 6.45) is -2.69. The number of carbonyl (C=O) groups is 1. The summed E-state index contributed by atoms with van der Waals surface area (Å²) in [5.74, 6) is 0.645. The lowest BCUT2D eigenvalue weighted by Gasteiger charge is -2.13. The number of ether oxygens (including phenoxy) is 2. The minimum Gasteiger partial charge on any atom is -0.493 e. The Morgan fingerprint density at radius 2 is 1.93 bits per heavy atom. The van der Waals surface area contributed by atoms with Gasteiger partial charge in [-0.05, 0) is 48.4 Å². The Hall–Kier alpha value is -2.52. The lowest BCUT2D eigenvalue weighted by atomic mass is 10.1. The number of thiocarbonyl (C=S) groups is 1. The van der Waals surface area contributed by atoms with Crippen LogP contribution in [-0.2, 0) is 17.6 Å². The Morgan fingerprint density at radius 3 is 2.57 bits per heavy atom. The highest BCUT2D eigenvalue weighted by Crippen LogP contribution is 2.35. The van der Waals surface area contributed by atoms with E-state index in [1.165, 1.54) is 29.8 Å². The van der Waals surface area contributed by atoms with Crippen LogP contribution in [0.5, 0.6) is 11.5 Å². The van der Waals surface area contributed by atoms with E-state index < -0.39 is 11.7 Å². The van der Waals surface area contributed by atoms with Gasteiger partial charge >= 0.3 is 6.18 Å². The van der Waals surface area contributed by atoms with Crippen LogP contribution in [0.25, 0.3) is 6.08 Å². The Bertz CT molecular complexity index is 1010. The molecule has 0 unspecified atom stereocenters. The van der Waals surface area contributed by atoms with Crippen molar-refractivity contribution in [2.24, 2.45) is 0 Å². The predicted molar refractivity (Wildman–Crippen MR) is 114 cm³/mol. The summed E-state index contributed by atoms with van der Waals surface area (Å²) in [5.41, 5.74) is 0.379. The van der Waals surface area contributed by atoms with Gasteiger partial charge < -0.3 is 9.47 Å². The van der Waals surface area contributed by atoms with Crippen molar-refractivity contribution in [1.29, 1.82) is 0 Å². The van der Waals surface area contributed by atoms with Crippen molar-refractivity contribution < 1.29 is 27.4 Å². The van der Waals surface area contributed by atoms with E-state index in [2.05, 4.69) is 0 Å². The number of alkyl halides is 3. The number of likely N-dealkylation sites (N-methyl/N-ethyl adjacent to an activating group) is 1. The van der Waals surface area contributed by atoms with Gasteiger partial charge in [-0.2, -0.15) is 13.2 Å². The normalized spacial score (nSPS) is 15.8. The molecule has 0 atom stereocenters. The third kappa shape index (κ3) is 4.96. The van der Waals surface area contributed by atoms with Crippen molar-refractivity contribution in [2.45, 2.75) is 19.7 Å². The molecule has 1 amide bonds. The number of carbonyl (C=O) groups excluding carboxylic acids is 1. The molecule has 158 valence electrons. The molecule has 2 aromatic rings. The van der Waals surface area contributed by atoms with Crippen LogP contribution in [0.3, 0.4) is 0 Å². The fourth-order valence-corrected chi connectivity index (χ4v) is 4.20. The van der Waals surface area contributed by atoms with Crippen LogP contribution in [-0.4, -0.2) is 28.8 Å². The van der Waals surface area contributed by atoms with Gasteiger partial charge in [0.05, 0.1) is 17.6 Å². The molecule has 1 aliphatic rings. The fraction of sp³-hybridized carbons (Fsp3) is 0.238. The second-order valence-corrected chi connectivity index (χ2v) is 8.00. The molecule has 2 aromatic carbocycles. The second kappa shape index (κ2) is 9.09. The minimum absolute atomic E-state index is 0.0468. The van der Waals surface area contributed by atoms with E-state index in [0.29, 0.717) is 32.8 Å². The maximum Gasteiger partial charge on any atom is 0.416 e. The molecule has 0 spiro atoms. The number of methoxy groups -OCH3 is 1. The lowest BCUT2D eigenvalue weighted by Crippen LogP contribution is -2.27. The maximum absolute atomic E-state index is 12.9. The van der Waals surface area contributed by atoms with Crippen molar-refractivity contribution in [2.75, 3.05) is 13.7 Å². The molecule has 0 N–H and O–H groups in total. The third-order valence-electron chi connectivity index (χ3n) is 4.32. The average Bonchev–Trinajstić information content (AvgIpc) is 2.98. The molecule has 4 nitrogen and oxygen atoms in total. The van der Waals surface area contributed by atoms with Crippen molar-refractivity contribution in [3.63, 3.8) is 0 Å². The SMILES string of the molecule is CCN1C(=O)/C(=C\c2ccc(OCc3cccc(C(F)(F)F)c3)c(OC)c2)SC1=S. The average molecular weight is 454 g/mol. The largest absolute Gasteiger partial charge is 0.493 e. The van der Waals surface area contributed by atoms with Crippen LogP contribution < -0.4 is 9.47 Å². The highest BCUT2D eigenvalue weighted by molar-refractivity contribution is 8.26. The number of benzene rings is 2. The zero-order chi connectivity index (χ0) is 21.9. The minimum atomic E-state index is -4.41. The summed E-state index contributed by atoms with van der Waals surface area (Å²) in [6.45, 7) is 2.32. The molecule has 0 aliphatic carbocycles. The fourth-order valence-electron chi connectivity index (χ4n) is 2.82. The molecule has 30 heavy (non-hydrogen) atoms. The van der Waals surface area contributed by atoms with E-state index in [1.54, 1.807) is 30.3 Å². The molecule has 3 rings (SSSR count). The van der Waals surface area contributed by atoms with Crippen LogP contribution in [0.4, 0.5) is 13.2 Å². The number of rotatable bonds is 6. The summed E-state index contributed by atoms with van der Waals surface area (Å²) in [4.78, 5) is 14.4. The van der Waals surface area contributed by atoms with E-state index in [-0.39, 0.29) is 12.5 Å². The molecule has 0 saturated carbocycles. The van der Waals surface area contributed by atoms with Gasteiger partial charge in [0.1, 0.15) is 10.9 Å². The first kappa shape index (κ1) is 22.2. The van der Waals surface area contributed by atoms with Gasteiger partial charge in [0.15, 0.2) is 11.5 Å². The van der Waals surface area contributed by atoms with Gasteiger partial charge in [-0.3, -0.25) is 9.69 Å². The summed E-state index contributed by atoms with van der Waals surface area (Å²) < 4.78 is 50.1. The van der Waals surface area contributed by atoms with E-state index >= 15 is 0 Å². The van der Waals surface area contributed by atoms with Gasteiger partial charge in [0.25, 0.3) is 5.91 Å². The quantitative estimate of drug-likeness (QED) is 0.426. The molecular formula is C21H18F3NO3S2. The molecule has 1 heterocycles. The monoisotopic (exact) mass is 453 g/mol. The highest BCUT2D eigenvalue weighted by atomic mass is 32.2. The van der Waals surface area contributed by atoms with Crippen LogP contribution in [0.15, 0.2) is 47.4 Å². The van der Waals surface area contributed by atoms with Crippen molar-refractivity contribution >= 4 is 40.3 Å². The van der Waals surface area contributed by atoms with Crippen LogP contribution in [0, 0.1) is 0 Å². The van der Waals surface area contributed by atoms with E-state index in [4.69, 9.17) is 21.7 Å². The zero-order valence-corrected chi connectivity index (χ0v) is 17.8. The topological polar surface area (TPSA) is 38.8 Å². The highest BCUT2D eigenvalue weighted by Gasteiger charge is 2.31. The Kier molecular flexibility index (Phi) is 6.72. The smallest absolute Gasteiger partial charge is 0.416 e. The predicted octanol–water partition coefficient (Wildman–Crippen LogP) is 5.51. The summed E-state index contributed by atoms with van der Waals surface area (Å²) in [6, 6.07) is 10.1. The molecule has 0 aromatic heterocycles. The molecule has 1 aliphatic heterocycles. The van der Waals surface area contributed by atoms with Gasteiger partial charge in [-0.15, -0.1) is 0 Å². The van der Waals surface area contributed by atoms with Crippen LogP contribution >= 0.6 is 24.0 Å². The number of hydrogen-bond acceptors (Lipinski definition) is 5. The van der Waals surface area contributed by atoms with Crippen LogP contribution in [0.2, 0.25) is 0 Å². The Morgan fingerprint density at radius 1 is 1.17 bits per heavy atom. The molecule has 0 bridgehead atoms. The first-order chi connectivity index (χ1) is 14.2. The summed E-state index contributed by atoms with van der Waals surface area (Å²) in [7, 11) is 1.47. The van der Waals surface area contributed by atoms with Gasteiger partial charge in [0.2, 0.25) is 0 Å². The number of thioether (sulfide) groups is 1. The van der Waals surface area contributed by atoms with E-state index in [0.717, 1.165) is 17.7 Å². The standard InChI is InChI=1S/C21H18F3NO3S2/c1-3-25-19(26)18(30-20(25)29)11-13-7-8-16(17(10-13)27-2)28-12-14-5-4-6-15(9-14)21(22,23)24/h4-11H,3,12H2,1-2H3/b18-11+. The van der Waals surface area contributed by atoms with Gasteiger partial charge in [-0.1, -0.05) is 42.2 Å². The molecule has 1 fully saturated rings. The van der Waals surface area contributed by atoms with Crippen molar-refractivity contribution in [1.82, 2.24) is 4.90 Å².